The molecule has 0 bridgehead atoms. The number of aryl methyl sites for hydroxylation is 1. The quantitative estimate of drug-likeness (QED) is 0.138. The van der Waals surface area contributed by atoms with Crippen LogP contribution in [0.15, 0.2) is 29.3 Å². The zero-order valence-corrected chi connectivity index (χ0v) is 40.2. The summed E-state index contributed by atoms with van der Waals surface area (Å²) in [5.74, 6) is -0.0840. The topological polar surface area (TPSA) is 171 Å². The number of aliphatic hydroxyl groups is 1. The number of carboxylic acids is 1. The summed E-state index contributed by atoms with van der Waals surface area (Å²) in [6.07, 6.45) is 7.38. The first-order valence-corrected chi connectivity index (χ1v) is 24.1. The number of aromatic amines is 1. The third-order valence-corrected chi connectivity index (χ3v) is 19.4. The first-order chi connectivity index (χ1) is 29.2. The molecule has 0 aliphatic heterocycles. The van der Waals surface area contributed by atoms with Crippen LogP contribution in [0.5, 0.6) is 0 Å². The van der Waals surface area contributed by atoms with Crippen molar-refractivity contribution in [1.29, 1.82) is 0 Å². The zero-order valence-electron chi connectivity index (χ0n) is 40.2. The molecular formula is C52H76N4O7. The molecule has 346 valence electrons. The molecule has 8 rings (SSSR count). The van der Waals surface area contributed by atoms with Crippen LogP contribution in [0.3, 0.4) is 0 Å². The maximum Gasteiger partial charge on any atom is 0.309 e. The number of hydrogen-bond donors (Lipinski definition) is 5. The van der Waals surface area contributed by atoms with E-state index in [1.165, 1.54) is 5.57 Å². The second-order valence-electron chi connectivity index (χ2n) is 24.2. The number of nitrogens with one attached hydrogen (secondary N) is 3. The minimum absolute atomic E-state index is 0.0155. The summed E-state index contributed by atoms with van der Waals surface area (Å²) in [6, 6.07) is 5.47. The second-order valence-corrected chi connectivity index (χ2v) is 24.2. The lowest BCUT2D eigenvalue weighted by Gasteiger charge is -2.72. The second kappa shape index (κ2) is 15.2. The largest absolute Gasteiger partial charge is 0.481 e. The summed E-state index contributed by atoms with van der Waals surface area (Å²) in [5, 5.41) is 28.8. The summed E-state index contributed by atoms with van der Waals surface area (Å²) >= 11 is 0. The monoisotopic (exact) mass is 869 g/mol. The number of benzene rings is 1. The van der Waals surface area contributed by atoms with E-state index in [2.05, 4.69) is 69.1 Å². The van der Waals surface area contributed by atoms with Crippen molar-refractivity contribution in [2.75, 3.05) is 13.1 Å². The summed E-state index contributed by atoms with van der Waals surface area (Å²) in [4.78, 5) is 60.8. The van der Waals surface area contributed by atoms with Crippen LogP contribution < -0.4 is 10.6 Å². The minimum atomic E-state index is -0.839. The first kappa shape index (κ1) is 46.0. The molecule has 0 radical (unpaired) electrons. The van der Waals surface area contributed by atoms with E-state index in [0.29, 0.717) is 43.3 Å². The van der Waals surface area contributed by atoms with Crippen molar-refractivity contribution in [1.82, 2.24) is 20.6 Å². The number of esters is 1. The molecule has 11 nitrogen and oxygen atoms in total. The van der Waals surface area contributed by atoms with Gasteiger partial charge >= 0.3 is 11.9 Å². The molecule has 0 saturated heterocycles. The van der Waals surface area contributed by atoms with E-state index in [-0.39, 0.29) is 57.3 Å². The van der Waals surface area contributed by atoms with Gasteiger partial charge in [-0.3, -0.25) is 19.2 Å². The van der Waals surface area contributed by atoms with E-state index < -0.39 is 40.3 Å². The maximum absolute atomic E-state index is 14.3. The molecule has 1 heterocycles. The number of Topliss-reactive ketones (excluding diaryl/α,β-unsaturated/α-hetero) is 1. The highest BCUT2D eigenvalue weighted by atomic mass is 16.5. The van der Waals surface area contributed by atoms with Crippen molar-refractivity contribution in [3.8, 4) is 0 Å². The lowest BCUT2D eigenvalue weighted by molar-refractivity contribution is -0.238. The molecule has 0 unspecified atom stereocenters. The Hall–Kier alpha value is -3.57. The van der Waals surface area contributed by atoms with Crippen molar-refractivity contribution in [2.24, 2.45) is 68.0 Å². The number of aliphatic hydroxyl groups excluding tert-OH is 1. The van der Waals surface area contributed by atoms with Crippen LogP contribution in [0.25, 0.3) is 11.0 Å². The van der Waals surface area contributed by atoms with Gasteiger partial charge in [-0.2, -0.15) is 0 Å². The van der Waals surface area contributed by atoms with E-state index in [0.717, 1.165) is 73.8 Å². The first-order valence-electron chi connectivity index (χ1n) is 24.1. The number of imidazole rings is 1. The van der Waals surface area contributed by atoms with Gasteiger partial charge in [-0.1, -0.05) is 67.9 Å². The lowest BCUT2D eigenvalue weighted by Crippen LogP contribution is -2.66. The van der Waals surface area contributed by atoms with Gasteiger partial charge in [-0.05, 0) is 148 Å². The molecule has 6 aliphatic carbocycles. The van der Waals surface area contributed by atoms with Crippen LogP contribution in [-0.4, -0.2) is 74.6 Å². The fourth-order valence-electron chi connectivity index (χ4n) is 15.7. The third kappa shape index (κ3) is 6.97. The Morgan fingerprint density at radius 2 is 1.63 bits per heavy atom. The zero-order chi connectivity index (χ0) is 46.0. The Morgan fingerprint density at radius 3 is 2.30 bits per heavy atom. The molecule has 5 fully saturated rings. The number of amides is 1. The van der Waals surface area contributed by atoms with Gasteiger partial charge in [0.2, 0.25) is 0 Å². The molecule has 1 amide bonds. The summed E-state index contributed by atoms with van der Waals surface area (Å²) in [6.45, 7) is 26.9. The number of aromatic nitrogens is 2. The van der Waals surface area contributed by atoms with E-state index in [9.17, 15) is 29.4 Å². The minimum Gasteiger partial charge on any atom is -0.481 e. The van der Waals surface area contributed by atoms with Gasteiger partial charge in [-0.15, -0.1) is 0 Å². The number of carbonyl (C=O) groups is 4. The van der Waals surface area contributed by atoms with E-state index in [1.807, 2.05) is 46.8 Å². The highest BCUT2D eigenvalue weighted by molar-refractivity contribution is 6.01. The number of carboxylic acid groups (broad SMARTS) is 1. The number of ketones is 1. The summed E-state index contributed by atoms with van der Waals surface area (Å²) < 4.78 is 6.44. The van der Waals surface area contributed by atoms with E-state index >= 15 is 0 Å². The Labute approximate surface area is 375 Å². The Bertz CT molecular complexity index is 2240. The predicted molar refractivity (Wildman–Crippen MR) is 244 cm³/mol. The molecular weight excluding hydrogens is 793 g/mol. The number of ether oxygens (including phenoxy) is 1. The standard InChI is InChI=1S/C52H76N4O7/c1-28(2)41-36(57)25-52(39(58)26-53-27-46(4,5)56-43(59)30-13-15-34-35(23-30)55-29(3)54-34)22-21-50(11)31(42(41)52)14-16-38-49(10)19-18-40(48(8,9)37(49)17-20-51(38,50)12)63-45(62)33-24-32(44(60)61)47(33,6)7/h13,15,23,28,31-33,37-40,53,58H,14,16-22,24-27H2,1-12H3,(H,54,55)(H,56,59)(H,60,61)/t31-,32+,33-,37+,38-,39+,40+,49+,50-,51-,52+/m1/s1. The molecule has 2 aromatic rings. The molecule has 6 aliphatic rings. The fraction of sp³-hybridized carbons (Fsp3) is 0.750. The average molecular weight is 869 g/mol. The lowest BCUT2D eigenvalue weighted by atomic mass is 9.33. The average Bonchev–Trinajstić information content (AvgIpc) is 3.71. The van der Waals surface area contributed by atoms with Gasteiger partial charge < -0.3 is 30.6 Å². The smallest absolute Gasteiger partial charge is 0.309 e. The van der Waals surface area contributed by atoms with Crippen LogP contribution >= 0.6 is 0 Å². The molecule has 63 heavy (non-hydrogen) atoms. The highest BCUT2D eigenvalue weighted by Crippen LogP contribution is 2.77. The highest BCUT2D eigenvalue weighted by Gasteiger charge is 2.71. The van der Waals surface area contributed by atoms with Crippen LogP contribution in [0.4, 0.5) is 0 Å². The van der Waals surface area contributed by atoms with Crippen LogP contribution in [0, 0.1) is 74.9 Å². The molecule has 11 atom stereocenters. The van der Waals surface area contributed by atoms with Gasteiger partial charge in [0, 0.05) is 41.4 Å². The van der Waals surface area contributed by atoms with Gasteiger partial charge in [0.15, 0.2) is 5.78 Å². The molecule has 1 aromatic heterocycles. The number of allylic oxidation sites excluding steroid dienone is 1. The van der Waals surface area contributed by atoms with Crippen molar-refractivity contribution in [2.45, 2.75) is 165 Å². The predicted octanol–water partition coefficient (Wildman–Crippen LogP) is 8.97. The third-order valence-electron chi connectivity index (χ3n) is 19.4. The molecule has 5 saturated carbocycles. The molecule has 11 heteroatoms. The Balaban J connectivity index is 0.980. The van der Waals surface area contributed by atoms with Crippen LogP contribution in [0.1, 0.15) is 157 Å². The molecule has 1 aromatic carbocycles. The Kier molecular flexibility index (Phi) is 11.1. The van der Waals surface area contributed by atoms with E-state index in [1.54, 1.807) is 6.07 Å². The van der Waals surface area contributed by atoms with Crippen LogP contribution in [-0.2, 0) is 19.1 Å². The Morgan fingerprint density at radius 1 is 0.921 bits per heavy atom. The molecule has 0 spiro atoms. The van der Waals surface area contributed by atoms with Gasteiger partial charge in [0.1, 0.15) is 11.9 Å². The summed E-state index contributed by atoms with van der Waals surface area (Å²) in [5.41, 5.74) is 2.31. The summed E-state index contributed by atoms with van der Waals surface area (Å²) in [7, 11) is 0. The van der Waals surface area contributed by atoms with E-state index in [4.69, 9.17) is 4.74 Å². The fourth-order valence-corrected chi connectivity index (χ4v) is 15.7. The number of hydrogen-bond acceptors (Lipinski definition) is 8. The normalized spacial score (nSPS) is 37.3. The van der Waals surface area contributed by atoms with Crippen molar-refractivity contribution >= 4 is 34.7 Å². The van der Waals surface area contributed by atoms with Crippen molar-refractivity contribution in [3.63, 3.8) is 0 Å². The number of nitrogens with zero attached hydrogens (tertiary/aromatic N) is 1. The van der Waals surface area contributed by atoms with Gasteiger partial charge in [-0.25, -0.2) is 4.98 Å². The van der Waals surface area contributed by atoms with Crippen LogP contribution in [0.2, 0.25) is 0 Å². The van der Waals surface area contributed by atoms with Gasteiger partial charge in [0.25, 0.3) is 5.91 Å². The number of H-pyrrole nitrogens is 1. The number of carbonyl (C=O) groups excluding carboxylic acids is 3. The van der Waals surface area contributed by atoms with Crippen molar-refractivity contribution in [3.05, 3.63) is 40.7 Å². The van der Waals surface area contributed by atoms with Crippen molar-refractivity contribution < 1.29 is 34.1 Å². The van der Waals surface area contributed by atoms with Gasteiger partial charge in [0.05, 0.1) is 29.0 Å². The number of fused-ring (bicyclic) bond motifs is 8. The number of rotatable bonds is 11. The maximum atomic E-state index is 14.3. The SMILES string of the molecule is Cc1nc2ccc(C(=O)NC(C)(C)CNC[C@H](O)[C@@]34CC[C@]5(C)[C@H](CC[C@@H]6[C@@]7(C)CC[C@H](OC(=O)[C@H]8C[C@@H](C(=O)O)C8(C)C)C(C)(C)[C@@H]7CC[C@]65C)C3=C(C(C)C)C(=O)C4)cc2[nH]1. The number of aliphatic carboxylic acids is 1. The molecule has 5 N–H and O–H groups in total.